The molecular weight excluding hydrogens is 346 g/mol. The molecule has 20 heavy (non-hydrogen) atoms. The molecule has 0 aliphatic carbocycles. The number of halogens is 1. The highest BCUT2D eigenvalue weighted by atomic mass is 79.9. The Hall–Kier alpha value is -1.60. The number of carbonyl (C=O) groups is 1. The second-order valence-corrected chi connectivity index (χ2v) is 5.48. The Balaban J connectivity index is 2.37. The number of hydrogen-bond acceptors (Lipinski definition) is 6. The van der Waals surface area contributed by atoms with Gasteiger partial charge >= 0.3 is 5.97 Å². The van der Waals surface area contributed by atoms with Crippen molar-refractivity contribution < 1.29 is 19.4 Å². The van der Waals surface area contributed by atoms with Crippen molar-refractivity contribution in [3.05, 3.63) is 27.7 Å². The fourth-order valence-corrected chi connectivity index (χ4v) is 2.78. The summed E-state index contributed by atoms with van der Waals surface area (Å²) in [4.78, 5) is 15.8. The van der Waals surface area contributed by atoms with Gasteiger partial charge in [-0.15, -0.1) is 11.3 Å². The molecule has 1 N–H and O–H groups in total. The van der Waals surface area contributed by atoms with Crippen LogP contribution >= 0.6 is 27.3 Å². The molecule has 0 amide bonds. The van der Waals surface area contributed by atoms with Crippen LogP contribution in [0.15, 0.2) is 22.0 Å². The number of benzene rings is 1. The highest BCUT2D eigenvalue weighted by Gasteiger charge is 2.15. The molecular formula is C13H12BrNO4S. The van der Waals surface area contributed by atoms with Gasteiger partial charge in [0.2, 0.25) is 0 Å². The number of aromatic nitrogens is 1. The molecule has 0 fully saturated rings. The topological polar surface area (TPSA) is 68.7 Å². The number of phenols is 1. The average Bonchev–Trinajstić information content (AvgIpc) is 2.91. The largest absolute Gasteiger partial charge is 0.503 e. The number of carbonyl (C=O) groups excluding carboxylic acids is 1. The fourth-order valence-electron chi connectivity index (χ4n) is 1.56. The van der Waals surface area contributed by atoms with E-state index in [-0.39, 0.29) is 11.4 Å². The lowest BCUT2D eigenvalue weighted by atomic mass is 10.2. The minimum absolute atomic E-state index is 0.0263. The van der Waals surface area contributed by atoms with Gasteiger partial charge in [0.15, 0.2) is 17.2 Å². The van der Waals surface area contributed by atoms with Crippen LogP contribution in [0.5, 0.6) is 11.5 Å². The molecule has 1 heterocycles. The van der Waals surface area contributed by atoms with Crippen molar-refractivity contribution >= 4 is 33.2 Å². The molecule has 0 saturated heterocycles. The van der Waals surface area contributed by atoms with E-state index in [0.717, 1.165) is 5.56 Å². The third kappa shape index (κ3) is 2.94. The minimum Gasteiger partial charge on any atom is -0.503 e. The van der Waals surface area contributed by atoms with E-state index in [1.807, 2.05) is 0 Å². The molecule has 7 heteroatoms. The van der Waals surface area contributed by atoms with Gasteiger partial charge in [-0.25, -0.2) is 9.78 Å². The highest BCUT2D eigenvalue weighted by Crippen LogP contribution is 2.39. The molecule has 0 aliphatic rings. The number of methoxy groups -OCH3 is 1. The molecule has 0 aliphatic heterocycles. The standard InChI is InChI=1S/C13H12BrNO4S/c1-3-19-13(17)9-6-20-12(15-9)7-4-8(14)11(16)10(5-7)18-2/h4-6,16H,3H2,1-2H3. The number of rotatable bonds is 4. The van der Waals surface area contributed by atoms with Crippen LogP contribution in [0, 0.1) is 0 Å². The molecule has 0 spiro atoms. The van der Waals surface area contributed by atoms with Crippen LogP contribution in [-0.4, -0.2) is 29.8 Å². The quantitative estimate of drug-likeness (QED) is 0.848. The third-order valence-electron chi connectivity index (χ3n) is 2.48. The summed E-state index contributed by atoms with van der Waals surface area (Å²) in [5.41, 5.74) is 1.02. The van der Waals surface area contributed by atoms with Crippen LogP contribution in [0.4, 0.5) is 0 Å². The number of esters is 1. The van der Waals surface area contributed by atoms with E-state index in [4.69, 9.17) is 9.47 Å². The molecule has 0 saturated carbocycles. The normalized spacial score (nSPS) is 10.3. The van der Waals surface area contributed by atoms with Gasteiger partial charge in [0.1, 0.15) is 5.01 Å². The lowest BCUT2D eigenvalue weighted by Crippen LogP contribution is -2.04. The third-order valence-corrected chi connectivity index (χ3v) is 3.98. The van der Waals surface area contributed by atoms with Gasteiger partial charge < -0.3 is 14.6 Å². The van der Waals surface area contributed by atoms with Crippen LogP contribution in [0.25, 0.3) is 10.6 Å². The second-order valence-electron chi connectivity index (χ2n) is 3.77. The van der Waals surface area contributed by atoms with Crippen molar-refractivity contribution in [1.82, 2.24) is 4.98 Å². The summed E-state index contributed by atoms with van der Waals surface area (Å²) in [6, 6.07) is 3.37. The van der Waals surface area contributed by atoms with E-state index in [2.05, 4.69) is 20.9 Å². The zero-order valence-electron chi connectivity index (χ0n) is 10.8. The molecule has 106 valence electrons. The number of aromatic hydroxyl groups is 1. The van der Waals surface area contributed by atoms with Gasteiger partial charge in [-0.05, 0) is 35.0 Å². The molecule has 2 rings (SSSR count). The van der Waals surface area contributed by atoms with Crippen molar-refractivity contribution in [1.29, 1.82) is 0 Å². The Morgan fingerprint density at radius 1 is 1.50 bits per heavy atom. The van der Waals surface area contributed by atoms with Crippen molar-refractivity contribution in [3.8, 4) is 22.1 Å². The van der Waals surface area contributed by atoms with Gasteiger partial charge in [-0.3, -0.25) is 0 Å². The Labute approximate surface area is 128 Å². The van der Waals surface area contributed by atoms with Gasteiger partial charge in [-0.1, -0.05) is 0 Å². The maximum atomic E-state index is 11.6. The van der Waals surface area contributed by atoms with Crippen molar-refractivity contribution in [2.75, 3.05) is 13.7 Å². The van der Waals surface area contributed by atoms with E-state index in [9.17, 15) is 9.90 Å². The molecule has 5 nitrogen and oxygen atoms in total. The van der Waals surface area contributed by atoms with Crippen LogP contribution in [0.2, 0.25) is 0 Å². The first-order chi connectivity index (χ1) is 9.56. The number of thiazole rings is 1. The summed E-state index contributed by atoms with van der Waals surface area (Å²) in [5.74, 6) is -0.0829. The van der Waals surface area contributed by atoms with Crippen LogP contribution in [0.3, 0.4) is 0 Å². The summed E-state index contributed by atoms with van der Waals surface area (Å²) in [7, 11) is 1.47. The number of nitrogens with zero attached hydrogens (tertiary/aromatic N) is 1. The number of hydrogen-bond donors (Lipinski definition) is 1. The summed E-state index contributed by atoms with van der Waals surface area (Å²) < 4.78 is 10.5. The van der Waals surface area contributed by atoms with Crippen molar-refractivity contribution in [2.45, 2.75) is 6.92 Å². The number of phenolic OH excluding ortho intramolecular Hbond substituents is 1. The second kappa shape index (κ2) is 6.23. The van der Waals surface area contributed by atoms with Gasteiger partial charge in [0, 0.05) is 10.9 Å². The van der Waals surface area contributed by atoms with E-state index in [1.54, 1.807) is 24.4 Å². The Bertz CT molecular complexity index is 641. The lowest BCUT2D eigenvalue weighted by Gasteiger charge is -2.07. The van der Waals surface area contributed by atoms with E-state index < -0.39 is 5.97 Å². The Morgan fingerprint density at radius 3 is 2.90 bits per heavy atom. The zero-order chi connectivity index (χ0) is 14.7. The first kappa shape index (κ1) is 14.8. The smallest absolute Gasteiger partial charge is 0.357 e. The monoisotopic (exact) mass is 357 g/mol. The summed E-state index contributed by atoms with van der Waals surface area (Å²) >= 11 is 4.57. The maximum absolute atomic E-state index is 11.6. The van der Waals surface area contributed by atoms with Crippen molar-refractivity contribution in [2.24, 2.45) is 0 Å². The fraction of sp³-hybridized carbons (Fsp3) is 0.231. The van der Waals surface area contributed by atoms with Crippen LogP contribution in [-0.2, 0) is 4.74 Å². The first-order valence-electron chi connectivity index (χ1n) is 5.76. The number of ether oxygens (including phenoxy) is 2. The van der Waals surface area contributed by atoms with Gasteiger partial charge in [0.05, 0.1) is 18.2 Å². The van der Waals surface area contributed by atoms with Gasteiger partial charge in [0.25, 0.3) is 0 Å². The summed E-state index contributed by atoms with van der Waals surface area (Å²) in [6.07, 6.45) is 0. The maximum Gasteiger partial charge on any atom is 0.357 e. The lowest BCUT2D eigenvalue weighted by molar-refractivity contribution is 0.0520. The van der Waals surface area contributed by atoms with E-state index in [1.165, 1.54) is 18.4 Å². The predicted molar refractivity (Wildman–Crippen MR) is 79.4 cm³/mol. The molecule has 0 radical (unpaired) electrons. The Kier molecular flexibility index (Phi) is 4.61. The Morgan fingerprint density at radius 2 is 2.25 bits per heavy atom. The van der Waals surface area contributed by atoms with Gasteiger partial charge in [-0.2, -0.15) is 0 Å². The van der Waals surface area contributed by atoms with Crippen LogP contribution < -0.4 is 4.74 Å². The summed E-state index contributed by atoms with van der Waals surface area (Å²) in [5, 5.41) is 12.1. The molecule has 0 atom stereocenters. The predicted octanol–water partition coefficient (Wildman–Crippen LogP) is 3.46. The van der Waals surface area contributed by atoms with E-state index >= 15 is 0 Å². The minimum atomic E-state index is -0.445. The molecule has 1 aromatic heterocycles. The molecule has 0 unspecified atom stereocenters. The molecule has 0 bridgehead atoms. The zero-order valence-corrected chi connectivity index (χ0v) is 13.2. The first-order valence-corrected chi connectivity index (χ1v) is 7.43. The van der Waals surface area contributed by atoms with E-state index in [0.29, 0.717) is 21.8 Å². The molecule has 1 aromatic carbocycles. The SMILES string of the molecule is CCOC(=O)c1csc(-c2cc(Br)c(O)c(OC)c2)n1. The molecule has 2 aromatic rings. The van der Waals surface area contributed by atoms with Crippen LogP contribution in [0.1, 0.15) is 17.4 Å². The van der Waals surface area contributed by atoms with Crippen molar-refractivity contribution in [3.63, 3.8) is 0 Å². The average molecular weight is 358 g/mol. The summed E-state index contributed by atoms with van der Waals surface area (Å²) in [6.45, 7) is 2.05. The highest BCUT2D eigenvalue weighted by molar-refractivity contribution is 9.10.